The van der Waals surface area contributed by atoms with E-state index in [0.717, 1.165) is 19.4 Å². The van der Waals surface area contributed by atoms with E-state index in [9.17, 15) is 9.59 Å². The third kappa shape index (κ3) is 1.86. The van der Waals surface area contributed by atoms with Gasteiger partial charge in [0.05, 0.1) is 17.7 Å². The summed E-state index contributed by atoms with van der Waals surface area (Å²) in [6, 6.07) is 3.34. The van der Waals surface area contributed by atoms with E-state index in [2.05, 4.69) is 0 Å². The predicted octanol–water partition coefficient (Wildman–Crippen LogP) is 1.50. The minimum absolute atomic E-state index is 0.0285. The molecule has 1 saturated heterocycles. The molecule has 2 amide bonds. The molecule has 116 valence electrons. The summed E-state index contributed by atoms with van der Waals surface area (Å²) in [5.74, 6) is 0.887. The third-order valence-corrected chi connectivity index (χ3v) is 4.55. The molecule has 1 aromatic rings. The van der Waals surface area contributed by atoms with E-state index < -0.39 is 0 Å². The fourth-order valence-corrected chi connectivity index (χ4v) is 3.34. The number of fused-ring (bicyclic) bond motifs is 3. The average molecular weight is 302 g/mol. The first-order chi connectivity index (χ1) is 10.7. The van der Waals surface area contributed by atoms with Gasteiger partial charge in [0, 0.05) is 19.5 Å². The first-order valence-corrected chi connectivity index (χ1v) is 7.77. The van der Waals surface area contributed by atoms with E-state index in [1.807, 2.05) is 6.92 Å². The largest absolute Gasteiger partial charge is 0.491 e. The van der Waals surface area contributed by atoms with Crippen LogP contribution in [0, 0.1) is 0 Å². The Morgan fingerprint density at radius 3 is 2.73 bits per heavy atom. The number of likely N-dealkylation sites (N-methyl/N-ethyl adjacent to an activating group) is 1. The first-order valence-electron chi connectivity index (χ1n) is 7.77. The van der Waals surface area contributed by atoms with Crippen molar-refractivity contribution in [2.75, 3.05) is 26.2 Å². The fraction of sp³-hybridized carbons (Fsp3) is 0.500. The zero-order valence-corrected chi connectivity index (χ0v) is 12.5. The van der Waals surface area contributed by atoms with Crippen molar-refractivity contribution in [1.29, 1.82) is 0 Å². The molecule has 1 aromatic carbocycles. The summed E-state index contributed by atoms with van der Waals surface area (Å²) in [5, 5.41) is 0. The van der Waals surface area contributed by atoms with Crippen molar-refractivity contribution < 1.29 is 19.1 Å². The van der Waals surface area contributed by atoms with Gasteiger partial charge in [0.15, 0.2) is 6.23 Å². The van der Waals surface area contributed by atoms with Gasteiger partial charge in [-0.3, -0.25) is 9.59 Å². The number of amides is 2. The number of nitrogens with zero attached hydrogens (tertiary/aromatic N) is 2. The number of hydrogen-bond acceptors (Lipinski definition) is 4. The van der Waals surface area contributed by atoms with Gasteiger partial charge in [-0.15, -0.1) is 0 Å². The molecule has 0 bridgehead atoms. The second-order valence-electron chi connectivity index (χ2n) is 5.79. The highest BCUT2D eigenvalue weighted by atomic mass is 16.5. The summed E-state index contributed by atoms with van der Waals surface area (Å²) >= 11 is 0. The molecule has 6 heteroatoms. The van der Waals surface area contributed by atoms with Gasteiger partial charge in [0.2, 0.25) is 0 Å². The minimum atomic E-state index is -0.192. The Labute approximate surface area is 128 Å². The fourth-order valence-electron chi connectivity index (χ4n) is 3.34. The lowest BCUT2D eigenvalue weighted by atomic mass is 10.1. The topological polar surface area (TPSA) is 59.1 Å². The molecule has 1 fully saturated rings. The molecule has 0 aliphatic carbocycles. The van der Waals surface area contributed by atoms with Gasteiger partial charge in [-0.05, 0) is 25.5 Å². The third-order valence-electron chi connectivity index (χ3n) is 4.55. The molecule has 0 aromatic heterocycles. The molecule has 1 atom stereocenters. The molecule has 0 spiro atoms. The summed E-state index contributed by atoms with van der Waals surface area (Å²) in [6.45, 7) is 4.29. The second kappa shape index (κ2) is 4.90. The highest BCUT2D eigenvalue weighted by Gasteiger charge is 2.38. The molecule has 1 unspecified atom stereocenters. The van der Waals surface area contributed by atoms with Crippen LogP contribution >= 0.6 is 0 Å². The van der Waals surface area contributed by atoms with Gasteiger partial charge in [0.25, 0.3) is 11.8 Å². The van der Waals surface area contributed by atoms with E-state index >= 15 is 0 Å². The van der Waals surface area contributed by atoms with Gasteiger partial charge >= 0.3 is 0 Å². The van der Waals surface area contributed by atoms with Gasteiger partial charge in [-0.25, -0.2) is 0 Å². The van der Waals surface area contributed by atoms with Crippen LogP contribution in [0.4, 0.5) is 0 Å². The Balaban J connectivity index is 1.79. The van der Waals surface area contributed by atoms with Gasteiger partial charge in [-0.2, -0.15) is 0 Å². The number of benzene rings is 1. The molecule has 0 N–H and O–H groups in total. The van der Waals surface area contributed by atoms with Crippen LogP contribution < -0.4 is 9.47 Å². The lowest BCUT2D eigenvalue weighted by Crippen LogP contribution is -2.43. The van der Waals surface area contributed by atoms with Crippen molar-refractivity contribution in [1.82, 2.24) is 9.80 Å². The quantitative estimate of drug-likeness (QED) is 0.789. The van der Waals surface area contributed by atoms with Crippen LogP contribution in [0.5, 0.6) is 11.5 Å². The minimum Gasteiger partial charge on any atom is -0.491 e. The molecular weight excluding hydrogens is 284 g/mol. The standard InChI is InChI=1S/C16H18N2O4/c1-2-17-6-7-21-12-8-11-13(9-10(12)15(17)19)22-14-4-3-5-18(14)16(11)20/h8-9,14H,2-7H2,1H3. The molecule has 4 rings (SSSR count). The number of carbonyl (C=O) groups is 2. The van der Waals surface area contributed by atoms with Crippen LogP contribution in [-0.2, 0) is 0 Å². The monoisotopic (exact) mass is 302 g/mol. The zero-order valence-electron chi connectivity index (χ0n) is 12.5. The Kier molecular flexibility index (Phi) is 2.99. The zero-order chi connectivity index (χ0) is 15.3. The first kappa shape index (κ1) is 13.4. The molecule has 6 nitrogen and oxygen atoms in total. The smallest absolute Gasteiger partial charge is 0.260 e. The maximum absolute atomic E-state index is 12.6. The number of rotatable bonds is 1. The van der Waals surface area contributed by atoms with E-state index in [1.54, 1.807) is 21.9 Å². The summed E-state index contributed by atoms with van der Waals surface area (Å²) < 4.78 is 11.6. The number of hydrogen-bond donors (Lipinski definition) is 0. The number of carbonyl (C=O) groups excluding carboxylic acids is 2. The average Bonchev–Trinajstić information content (AvgIpc) is 2.93. The molecule has 0 saturated carbocycles. The van der Waals surface area contributed by atoms with Crippen molar-refractivity contribution in [3.8, 4) is 11.5 Å². The Bertz CT molecular complexity index is 658. The van der Waals surface area contributed by atoms with E-state index in [1.165, 1.54) is 0 Å². The Morgan fingerprint density at radius 2 is 1.91 bits per heavy atom. The van der Waals surface area contributed by atoms with Crippen LogP contribution in [0.25, 0.3) is 0 Å². The van der Waals surface area contributed by atoms with Gasteiger partial charge < -0.3 is 19.3 Å². The van der Waals surface area contributed by atoms with Crippen molar-refractivity contribution in [3.63, 3.8) is 0 Å². The second-order valence-corrected chi connectivity index (χ2v) is 5.79. The van der Waals surface area contributed by atoms with Crippen molar-refractivity contribution in [3.05, 3.63) is 23.3 Å². The molecule has 3 aliphatic rings. The van der Waals surface area contributed by atoms with Crippen LogP contribution in [0.15, 0.2) is 12.1 Å². The van der Waals surface area contributed by atoms with Gasteiger partial charge in [-0.1, -0.05) is 0 Å². The maximum atomic E-state index is 12.6. The highest BCUT2D eigenvalue weighted by Crippen LogP contribution is 2.38. The normalized spacial score (nSPS) is 23.2. The molecule has 3 aliphatic heterocycles. The Morgan fingerprint density at radius 1 is 1.14 bits per heavy atom. The molecule has 3 heterocycles. The molecular formula is C16H18N2O4. The van der Waals surface area contributed by atoms with Crippen LogP contribution in [0.1, 0.15) is 40.5 Å². The Hall–Kier alpha value is -2.24. The van der Waals surface area contributed by atoms with Crippen LogP contribution in [0.2, 0.25) is 0 Å². The summed E-state index contributed by atoms with van der Waals surface area (Å²) in [6.07, 6.45) is 1.60. The van der Waals surface area contributed by atoms with Crippen LogP contribution in [0.3, 0.4) is 0 Å². The van der Waals surface area contributed by atoms with Gasteiger partial charge in [0.1, 0.15) is 18.1 Å². The highest BCUT2D eigenvalue weighted by molar-refractivity contribution is 6.03. The van der Waals surface area contributed by atoms with Crippen LogP contribution in [-0.4, -0.2) is 54.1 Å². The lowest BCUT2D eigenvalue weighted by molar-refractivity contribution is 0.0292. The molecule has 0 radical (unpaired) electrons. The summed E-state index contributed by atoms with van der Waals surface area (Å²) in [7, 11) is 0. The lowest BCUT2D eigenvalue weighted by Gasteiger charge is -2.32. The van der Waals surface area contributed by atoms with Crippen molar-refractivity contribution >= 4 is 11.8 Å². The SMILES string of the molecule is CCN1CCOc2cc3c(cc2C1=O)OC1CCCN1C3=O. The summed E-state index contributed by atoms with van der Waals surface area (Å²) in [5.41, 5.74) is 0.979. The van der Waals surface area contributed by atoms with Crippen molar-refractivity contribution in [2.45, 2.75) is 26.0 Å². The van der Waals surface area contributed by atoms with E-state index in [-0.39, 0.29) is 18.0 Å². The predicted molar refractivity (Wildman–Crippen MR) is 78.2 cm³/mol. The summed E-state index contributed by atoms with van der Waals surface area (Å²) in [4.78, 5) is 28.6. The maximum Gasteiger partial charge on any atom is 0.260 e. The van der Waals surface area contributed by atoms with E-state index in [0.29, 0.717) is 42.3 Å². The number of ether oxygens (including phenoxy) is 2. The van der Waals surface area contributed by atoms with Crippen molar-refractivity contribution in [2.24, 2.45) is 0 Å². The van der Waals surface area contributed by atoms with E-state index in [4.69, 9.17) is 9.47 Å². The molecule has 22 heavy (non-hydrogen) atoms.